The highest BCUT2D eigenvalue weighted by atomic mass is 35.5. The Labute approximate surface area is 123 Å². The standard InChI is InChI=1S/C15H16Cl2N2/c1-2-19-15(9-11-5-7-18-8-6-11)13-10-12(16)3-4-14(13)17/h3-8,10,15,19H,2,9H2,1H3. The quantitative estimate of drug-likeness (QED) is 0.890. The number of pyridine rings is 1. The first kappa shape index (κ1) is 14.3. The molecule has 0 aliphatic rings. The van der Waals surface area contributed by atoms with Crippen LogP contribution in [0.4, 0.5) is 0 Å². The zero-order valence-electron chi connectivity index (χ0n) is 10.7. The van der Waals surface area contributed by atoms with Crippen LogP contribution in [0, 0.1) is 0 Å². The number of nitrogens with one attached hydrogen (secondary N) is 1. The third kappa shape index (κ3) is 3.93. The molecule has 2 nitrogen and oxygen atoms in total. The van der Waals surface area contributed by atoms with Gasteiger partial charge in [-0.1, -0.05) is 30.1 Å². The van der Waals surface area contributed by atoms with Crippen LogP contribution < -0.4 is 5.32 Å². The average molecular weight is 295 g/mol. The van der Waals surface area contributed by atoms with Gasteiger partial charge in [-0.3, -0.25) is 4.98 Å². The molecule has 0 aliphatic carbocycles. The van der Waals surface area contributed by atoms with Crippen LogP contribution in [0.15, 0.2) is 42.7 Å². The fourth-order valence-electron chi connectivity index (χ4n) is 2.07. The van der Waals surface area contributed by atoms with Crippen molar-refractivity contribution in [1.29, 1.82) is 0 Å². The fourth-order valence-corrected chi connectivity index (χ4v) is 2.50. The predicted molar refractivity (Wildman–Crippen MR) is 80.8 cm³/mol. The van der Waals surface area contributed by atoms with Crippen LogP contribution in [0.3, 0.4) is 0 Å². The molecule has 2 aromatic rings. The van der Waals surface area contributed by atoms with Gasteiger partial charge in [0.2, 0.25) is 0 Å². The number of hydrogen-bond donors (Lipinski definition) is 1. The number of likely N-dealkylation sites (N-methyl/N-ethyl adjacent to an activating group) is 1. The number of hydrogen-bond acceptors (Lipinski definition) is 2. The van der Waals surface area contributed by atoms with Crippen molar-refractivity contribution < 1.29 is 0 Å². The molecule has 0 saturated heterocycles. The third-order valence-electron chi connectivity index (χ3n) is 2.97. The van der Waals surface area contributed by atoms with E-state index in [1.165, 1.54) is 5.56 Å². The summed E-state index contributed by atoms with van der Waals surface area (Å²) in [4.78, 5) is 4.04. The van der Waals surface area contributed by atoms with E-state index in [-0.39, 0.29) is 6.04 Å². The Balaban J connectivity index is 2.27. The molecule has 1 unspecified atom stereocenters. The van der Waals surface area contributed by atoms with Gasteiger partial charge in [0.15, 0.2) is 0 Å². The van der Waals surface area contributed by atoms with Crippen molar-refractivity contribution in [3.63, 3.8) is 0 Å². The number of nitrogens with zero attached hydrogens (tertiary/aromatic N) is 1. The Hall–Kier alpha value is -1.09. The van der Waals surface area contributed by atoms with Crippen LogP contribution in [0.25, 0.3) is 0 Å². The average Bonchev–Trinajstić information content (AvgIpc) is 2.42. The summed E-state index contributed by atoms with van der Waals surface area (Å²) < 4.78 is 0. The lowest BCUT2D eigenvalue weighted by molar-refractivity contribution is 0.550. The molecule has 0 amide bonds. The summed E-state index contributed by atoms with van der Waals surface area (Å²) in [7, 11) is 0. The molecular weight excluding hydrogens is 279 g/mol. The Morgan fingerprint density at radius 2 is 1.89 bits per heavy atom. The highest BCUT2D eigenvalue weighted by molar-refractivity contribution is 6.33. The van der Waals surface area contributed by atoms with E-state index < -0.39 is 0 Å². The van der Waals surface area contributed by atoms with Crippen molar-refractivity contribution in [2.45, 2.75) is 19.4 Å². The number of benzene rings is 1. The molecule has 0 saturated carbocycles. The van der Waals surface area contributed by atoms with E-state index in [0.717, 1.165) is 23.6 Å². The van der Waals surface area contributed by atoms with Crippen LogP contribution in [-0.4, -0.2) is 11.5 Å². The fraction of sp³-hybridized carbons (Fsp3) is 0.267. The summed E-state index contributed by atoms with van der Waals surface area (Å²) in [6.07, 6.45) is 4.46. The first-order valence-corrected chi connectivity index (χ1v) is 7.03. The minimum absolute atomic E-state index is 0.151. The second-order valence-electron chi connectivity index (χ2n) is 4.34. The summed E-state index contributed by atoms with van der Waals surface area (Å²) in [5.41, 5.74) is 2.25. The summed E-state index contributed by atoms with van der Waals surface area (Å²) in [6.45, 7) is 2.95. The van der Waals surface area contributed by atoms with Crippen molar-refractivity contribution in [2.75, 3.05) is 6.54 Å². The van der Waals surface area contributed by atoms with Gasteiger partial charge in [-0.25, -0.2) is 0 Å². The van der Waals surface area contributed by atoms with Crippen LogP contribution in [-0.2, 0) is 6.42 Å². The smallest absolute Gasteiger partial charge is 0.0454 e. The minimum atomic E-state index is 0.151. The molecule has 2 rings (SSSR count). The van der Waals surface area contributed by atoms with Crippen molar-refractivity contribution in [1.82, 2.24) is 10.3 Å². The van der Waals surface area contributed by atoms with E-state index in [2.05, 4.69) is 17.2 Å². The molecule has 4 heteroatoms. The van der Waals surface area contributed by atoms with E-state index in [1.807, 2.05) is 30.3 Å². The van der Waals surface area contributed by atoms with Crippen molar-refractivity contribution >= 4 is 23.2 Å². The molecule has 0 fully saturated rings. The summed E-state index contributed by atoms with van der Waals surface area (Å²) >= 11 is 12.3. The summed E-state index contributed by atoms with van der Waals surface area (Å²) in [5.74, 6) is 0. The van der Waals surface area contributed by atoms with Gasteiger partial charge in [-0.05, 0) is 54.4 Å². The maximum Gasteiger partial charge on any atom is 0.0454 e. The van der Waals surface area contributed by atoms with Crippen molar-refractivity contribution in [3.8, 4) is 0 Å². The first-order chi connectivity index (χ1) is 9.20. The lowest BCUT2D eigenvalue weighted by atomic mass is 9.99. The number of rotatable bonds is 5. The van der Waals surface area contributed by atoms with Gasteiger partial charge >= 0.3 is 0 Å². The highest BCUT2D eigenvalue weighted by Gasteiger charge is 2.15. The monoisotopic (exact) mass is 294 g/mol. The topological polar surface area (TPSA) is 24.9 Å². The number of aromatic nitrogens is 1. The second-order valence-corrected chi connectivity index (χ2v) is 5.18. The summed E-state index contributed by atoms with van der Waals surface area (Å²) in [6, 6.07) is 9.77. The zero-order valence-corrected chi connectivity index (χ0v) is 12.2. The Morgan fingerprint density at radius 1 is 1.16 bits per heavy atom. The molecular formula is C15H16Cl2N2. The van der Waals surface area contributed by atoms with Crippen LogP contribution in [0.2, 0.25) is 10.0 Å². The molecule has 19 heavy (non-hydrogen) atoms. The Morgan fingerprint density at radius 3 is 2.58 bits per heavy atom. The lowest BCUT2D eigenvalue weighted by Crippen LogP contribution is -2.23. The van der Waals surface area contributed by atoms with Gasteiger partial charge in [-0.15, -0.1) is 0 Å². The van der Waals surface area contributed by atoms with Gasteiger partial charge < -0.3 is 5.32 Å². The largest absolute Gasteiger partial charge is 0.310 e. The third-order valence-corrected chi connectivity index (χ3v) is 3.55. The van der Waals surface area contributed by atoms with Crippen LogP contribution in [0.1, 0.15) is 24.1 Å². The van der Waals surface area contributed by atoms with Crippen molar-refractivity contribution in [2.24, 2.45) is 0 Å². The van der Waals surface area contributed by atoms with E-state index in [9.17, 15) is 0 Å². The van der Waals surface area contributed by atoms with E-state index >= 15 is 0 Å². The molecule has 1 aromatic heterocycles. The molecule has 1 atom stereocenters. The maximum atomic E-state index is 6.28. The molecule has 0 aliphatic heterocycles. The minimum Gasteiger partial charge on any atom is -0.310 e. The lowest BCUT2D eigenvalue weighted by Gasteiger charge is -2.20. The Kier molecular flexibility index (Phi) is 5.20. The second kappa shape index (κ2) is 6.90. The van der Waals surface area contributed by atoms with Gasteiger partial charge in [0, 0.05) is 28.5 Å². The zero-order chi connectivity index (χ0) is 13.7. The first-order valence-electron chi connectivity index (χ1n) is 6.28. The van der Waals surface area contributed by atoms with Gasteiger partial charge in [-0.2, -0.15) is 0 Å². The maximum absolute atomic E-state index is 6.28. The van der Waals surface area contributed by atoms with Gasteiger partial charge in [0.25, 0.3) is 0 Å². The molecule has 1 aromatic carbocycles. The highest BCUT2D eigenvalue weighted by Crippen LogP contribution is 2.28. The molecule has 0 spiro atoms. The predicted octanol–water partition coefficient (Wildman–Crippen LogP) is 4.28. The Bertz CT molecular complexity index is 529. The van der Waals surface area contributed by atoms with Gasteiger partial charge in [0.05, 0.1) is 0 Å². The molecule has 0 radical (unpaired) electrons. The van der Waals surface area contributed by atoms with E-state index in [1.54, 1.807) is 12.4 Å². The normalized spacial score (nSPS) is 12.4. The SMILES string of the molecule is CCNC(Cc1ccncc1)c1cc(Cl)ccc1Cl. The molecule has 1 N–H and O–H groups in total. The molecule has 100 valence electrons. The molecule has 1 heterocycles. The van der Waals surface area contributed by atoms with Crippen LogP contribution in [0.5, 0.6) is 0 Å². The van der Waals surface area contributed by atoms with E-state index in [4.69, 9.17) is 23.2 Å². The molecule has 0 bridgehead atoms. The van der Waals surface area contributed by atoms with Crippen LogP contribution >= 0.6 is 23.2 Å². The number of halogens is 2. The van der Waals surface area contributed by atoms with Gasteiger partial charge in [0.1, 0.15) is 0 Å². The summed E-state index contributed by atoms with van der Waals surface area (Å²) in [5, 5.41) is 4.90. The van der Waals surface area contributed by atoms with E-state index in [0.29, 0.717) is 5.02 Å². The van der Waals surface area contributed by atoms with Crippen molar-refractivity contribution in [3.05, 3.63) is 63.9 Å².